The van der Waals surface area contributed by atoms with Gasteiger partial charge in [0.2, 0.25) is 0 Å². The van der Waals surface area contributed by atoms with Gasteiger partial charge in [-0.2, -0.15) is 30.3 Å². The Bertz CT molecular complexity index is 276. The maximum Gasteiger partial charge on any atom is 1.00 e. The van der Waals surface area contributed by atoms with Gasteiger partial charge in [-0.1, -0.05) is 5.02 Å². The van der Waals surface area contributed by atoms with Crippen molar-refractivity contribution in [1.82, 2.24) is 0 Å². The molecule has 1 rings (SSSR count). The van der Waals surface area contributed by atoms with Gasteiger partial charge in [0.1, 0.15) is 0 Å². The SMILES string of the molecule is Clc1cc[c-]cc1.OB(O)O.OB(O)O.OB(O)O.OB(O)O.[Na+]. The van der Waals surface area contributed by atoms with Crippen LogP contribution in [0.3, 0.4) is 0 Å². The summed E-state index contributed by atoms with van der Waals surface area (Å²) in [5.41, 5.74) is 0. The quantitative estimate of drug-likeness (QED) is 0.148. The number of hydrogen-bond donors (Lipinski definition) is 12. The topological polar surface area (TPSA) is 243 Å². The van der Waals surface area contributed by atoms with E-state index >= 15 is 0 Å². The number of benzene rings is 1. The fourth-order valence-electron chi connectivity index (χ4n) is 0.367. The zero-order chi connectivity index (χ0) is 19.4. The van der Waals surface area contributed by atoms with Gasteiger partial charge >= 0.3 is 58.8 Å². The maximum atomic E-state index is 7.17. The standard InChI is InChI=1S/C6H4Cl.4BH3O3.Na/c7-6-4-2-1-3-5-6;4*2-1(3)4;/h2-5H;4*2-4H;/q-1;;;;;+1. The Morgan fingerprint density at radius 2 is 0.750 bits per heavy atom. The van der Waals surface area contributed by atoms with Gasteiger partial charge in [-0.05, 0) is 0 Å². The van der Waals surface area contributed by atoms with Gasteiger partial charge in [0.05, 0.1) is 0 Å². The molecular formula is C6H16B4ClNaO12. The van der Waals surface area contributed by atoms with Gasteiger partial charge in [-0.3, -0.25) is 0 Å². The van der Waals surface area contributed by atoms with Crippen LogP contribution in [0.1, 0.15) is 0 Å². The molecule has 132 valence electrons. The smallest absolute Gasteiger partial charge is 0.402 e. The van der Waals surface area contributed by atoms with E-state index in [1.807, 2.05) is 0 Å². The van der Waals surface area contributed by atoms with E-state index in [9.17, 15) is 0 Å². The van der Waals surface area contributed by atoms with Crippen molar-refractivity contribution in [3.8, 4) is 0 Å². The third-order valence-corrected chi connectivity index (χ3v) is 0.930. The number of rotatable bonds is 0. The summed E-state index contributed by atoms with van der Waals surface area (Å²) < 4.78 is 0. The van der Waals surface area contributed by atoms with Crippen molar-refractivity contribution in [2.75, 3.05) is 0 Å². The Hall–Kier alpha value is 0.290. The summed E-state index contributed by atoms with van der Waals surface area (Å²) in [4.78, 5) is 0. The fourth-order valence-corrected chi connectivity index (χ4v) is 0.493. The summed E-state index contributed by atoms with van der Waals surface area (Å²) in [5, 5.41) is 86.8. The van der Waals surface area contributed by atoms with Crippen LogP contribution in [0.15, 0.2) is 24.3 Å². The van der Waals surface area contributed by atoms with Crippen LogP contribution < -0.4 is 29.6 Å². The van der Waals surface area contributed by atoms with E-state index in [4.69, 9.17) is 71.9 Å². The summed E-state index contributed by atoms with van der Waals surface area (Å²) in [7, 11) is -8.67. The molecule has 1 aromatic rings. The van der Waals surface area contributed by atoms with E-state index in [2.05, 4.69) is 6.07 Å². The summed E-state index contributed by atoms with van der Waals surface area (Å²) >= 11 is 5.52. The monoisotopic (exact) mass is 382 g/mol. The zero-order valence-corrected chi connectivity index (χ0v) is 15.1. The van der Waals surface area contributed by atoms with Gasteiger partial charge in [-0.25, -0.2) is 0 Å². The van der Waals surface area contributed by atoms with Crippen molar-refractivity contribution in [1.29, 1.82) is 0 Å². The van der Waals surface area contributed by atoms with Crippen LogP contribution in [-0.4, -0.2) is 89.6 Å². The van der Waals surface area contributed by atoms with Gasteiger partial charge < -0.3 is 60.3 Å². The third-order valence-electron chi connectivity index (χ3n) is 0.678. The van der Waals surface area contributed by atoms with Gasteiger partial charge in [0.15, 0.2) is 0 Å². The minimum atomic E-state index is -2.17. The van der Waals surface area contributed by atoms with Gasteiger partial charge in [0.25, 0.3) is 0 Å². The van der Waals surface area contributed by atoms with Crippen LogP contribution >= 0.6 is 11.6 Å². The Labute approximate surface area is 165 Å². The average molecular weight is 382 g/mol. The molecule has 0 amide bonds. The Balaban J connectivity index is -0.0000000641. The van der Waals surface area contributed by atoms with E-state index in [0.717, 1.165) is 5.02 Å². The molecule has 12 N–H and O–H groups in total. The van der Waals surface area contributed by atoms with E-state index in [0.29, 0.717) is 0 Å². The third kappa shape index (κ3) is 147. The fraction of sp³-hybridized carbons (Fsp3) is 0. The second kappa shape index (κ2) is 28.1. The van der Waals surface area contributed by atoms with Crippen molar-refractivity contribution >= 4 is 40.9 Å². The van der Waals surface area contributed by atoms with Crippen LogP contribution in [0.4, 0.5) is 0 Å². The molecule has 12 nitrogen and oxygen atoms in total. The predicted octanol–water partition coefficient (Wildman–Crippen LogP) is -9.06. The summed E-state index contributed by atoms with van der Waals surface area (Å²) in [6, 6.07) is 10.00. The predicted molar refractivity (Wildman–Crippen MR) is 79.9 cm³/mol. The molecule has 1 aromatic carbocycles. The van der Waals surface area contributed by atoms with Gasteiger partial charge in [0, 0.05) is 0 Å². The van der Waals surface area contributed by atoms with Crippen molar-refractivity contribution in [3.05, 3.63) is 35.4 Å². The van der Waals surface area contributed by atoms with E-state index in [1.165, 1.54) is 0 Å². The Kier molecular flexibility index (Phi) is 41.5. The molecule has 0 aliphatic carbocycles. The van der Waals surface area contributed by atoms with Crippen molar-refractivity contribution in [2.45, 2.75) is 0 Å². The molecule has 0 atom stereocenters. The molecular weight excluding hydrogens is 366 g/mol. The van der Waals surface area contributed by atoms with Crippen LogP contribution in [0.2, 0.25) is 5.02 Å². The summed E-state index contributed by atoms with van der Waals surface area (Å²) in [6.07, 6.45) is 0. The molecule has 0 radical (unpaired) electrons. The molecule has 0 heterocycles. The van der Waals surface area contributed by atoms with E-state index in [-0.39, 0.29) is 29.6 Å². The first-order valence-corrected chi connectivity index (χ1v) is 5.49. The maximum absolute atomic E-state index is 7.17. The average Bonchev–Trinajstić information content (AvgIpc) is 2.26. The minimum absolute atomic E-state index is 0. The van der Waals surface area contributed by atoms with Crippen molar-refractivity contribution < 1.29 is 89.8 Å². The van der Waals surface area contributed by atoms with Crippen LogP contribution in [0, 0.1) is 6.07 Å². The molecule has 0 saturated carbocycles. The molecule has 0 bridgehead atoms. The first-order valence-electron chi connectivity index (χ1n) is 5.11. The Morgan fingerprint density at radius 1 is 0.583 bits per heavy atom. The van der Waals surface area contributed by atoms with Crippen LogP contribution in [0.5, 0.6) is 0 Å². The number of halogens is 1. The second-order valence-electron chi connectivity index (χ2n) is 2.60. The molecule has 0 unspecified atom stereocenters. The largest absolute Gasteiger partial charge is 1.00 e. The molecule has 0 aliphatic heterocycles. The molecule has 24 heavy (non-hydrogen) atoms. The first-order chi connectivity index (χ1) is 10.3. The molecule has 0 aliphatic rings. The molecule has 0 saturated heterocycles. The molecule has 0 fully saturated rings. The van der Waals surface area contributed by atoms with E-state index in [1.54, 1.807) is 24.3 Å². The minimum Gasteiger partial charge on any atom is -0.402 e. The van der Waals surface area contributed by atoms with Crippen molar-refractivity contribution in [3.63, 3.8) is 0 Å². The molecule has 0 spiro atoms. The molecule has 18 heteroatoms. The van der Waals surface area contributed by atoms with Crippen LogP contribution in [-0.2, 0) is 0 Å². The first kappa shape index (κ1) is 35.4. The second-order valence-corrected chi connectivity index (χ2v) is 3.04. The molecule has 0 aromatic heterocycles. The van der Waals surface area contributed by atoms with Crippen LogP contribution in [0.25, 0.3) is 0 Å². The summed E-state index contributed by atoms with van der Waals surface area (Å²) in [6.45, 7) is 0. The summed E-state index contributed by atoms with van der Waals surface area (Å²) in [5.74, 6) is 0. The van der Waals surface area contributed by atoms with Crippen molar-refractivity contribution in [2.24, 2.45) is 0 Å². The van der Waals surface area contributed by atoms with E-state index < -0.39 is 29.3 Å². The zero-order valence-electron chi connectivity index (χ0n) is 12.4. The Morgan fingerprint density at radius 3 is 0.833 bits per heavy atom. The van der Waals surface area contributed by atoms with Gasteiger partial charge in [-0.15, -0.1) is 11.6 Å². The normalized spacial score (nSPS) is 7.04. The number of hydrogen-bond acceptors (Lipinski definition) is 12.